The fourth-order valence-corrected chi connectivity index (χ4v) is 3.47. The van der Waals surface area contributed by atoms with E-state index in [9.17, 15) is 36.2 Å². The first-order valence-corrected chi connectivity index (χ1v) is 12.0. The second kappa shape index (κ2) is 14.7. The molecular weight excluding hydrogens is 602 g/mol. The molecule has 0 aliphatic carbocycles. The number of carboxylic acid groups (broad SMARTS) is 1. The Kier molecular flexibility index (Phi) is 12.0. The zero-order valence-corrected chi connectivity index (χ0v) is 22.0. The number of benzene rings is 2. The smallest absolute Gasteiger partial charge is 0.422 e. The van der Waals surface area contributed by atoms with Crippen molar-refractivity contribution in [2.24, 2.45) is 0 Å². The van der Waals surface area contributed by atoms with Crippen molar-refractivity contribution in [3.63, 3.8) is 0 Å². The van der Waals surface area contributed by atoms with Gasteiger partial charge in [0.15, 0.2) is 19.3 Å². The van der Waals surface area contributed by atoms with Gasteiger partial charge < -0.3 is 24.1 Å². The summed E-state index contributed by atoms with van der Waals surface area (Å²) in [5, 5.41) is 9.21. The van der Waals surface area contributed by atoms with E-state index in [2.05, 4.69) is 37.2 Å². The van der Waals surface area contributed by atoms with Crippen LogP contribution in [0.15, 0.2) is 53.0 Å². The van der Waals surface area contributed by atoms with Gasteiger partial charge in [0.05, 0.1) is 4.47 Å². The Morgan fingerprint density at radius 2 is 1.62 bits per heavy atom. The quantitative estimate of drug-likeness (QED) is 0.219. The molecule has 0 aliphatic rings. The van der Waals surface area contributed by atoms with Crippen LogP contribution >= 0.6 is 15.9 Å². The molecule has 0 aromatic heterocycles. The third kappa shape index (κ3) is 12.8. The second-order valence-corrected chi connectivity index (χ2v) is 8.59. The number of carboxylic acids is 1. The van der Waals surface area contributed by atoms with E-state index in [0.29, 0.717) is 10.2 Å². The first-order valence-electron chi connectivity index (χ1n) is 11.2. The van der Waals surface area contributed by atoms with E-state index >= 15 is 0 Å². The van der Waals surface area contributed by atoms with Crippen molar-refractivity contribution < 1.29 is 55.2 Å². The van der Waals surface area contributed by atoms with Crippen LogP contribution in [-0.4, -0.2) is 56.0 Å². The number of ether oxygens (including phenoxy) is 4. The highest BCUT2D eigenvalue weighted by Crippen LogP contribution is 2.28. The Hall–Kier alpha value is -3.37. The molecule has 2 aromatic rings. The van der Waals surface area contributed by atoms with Crippen LogP contribution in [0.4, 0.5) is 26.3 Å². The zero-order valence-electron chi connectivity index (χ0n) is 20.4. The highest BCUT2D eigenvalue weighted by molar-refractivity contribution is 9.10. The summed E-state index contributed by atoms with van der Waals surface area (Å²) >= 11 is 3.36. The molecule has 212 valence electrons. The number of hydrogen-bond donors (Lipinski definition) is 1. The number of aliphatic carboxylic acids is 1. The number of rotatable bonds is 12. The lowest BCUT2D eigenvalue weighted by molar-refractivity contribution is -0.154. The topological polar surface area (TPSA) is 74.2 Å². The van der Waals surface area contributed by atoms with Gasteiger partial charge in [-0.15, -0.1) is 0 Å². The van der Waals surface area contributed by atoms with E-state index in [4.69, 9.17) is 9.47 Å². The van der Waals surface area contributed by atoms with Gasteiger partial charge in [0.2, 0.25) is 0 Å². The van der Waals surface area contributed by atoms with Gasteiger partial charge in [-0.2, -0.15) is 26.3 Å². The third-order valence-corrected chi connectivity index (χ3v) is 5.12. The molecule has 39 heavy (non-hydrogen) atoms. The van der Waals surface area contributed by atoms with Crippen LogP contribution in [0.3, 0.4) is 0 Å². The molecule has 1 atom stereocenters. The minimum absolute atomic E-state index is 0.0717. The number of allylic oxidation sites excluding steroid dienone is 1. The van der Waals surface area contributed by atoms with Gasteiger partial charge in [0.1, 0.15) is 23.9 Å². The standard InChI is InChI=1S/C26H23BrF6O6/c1-2-36-23(24(34)35)13-18-7-8-22(21(27)12-18)37-9-5-3-4-6-17-10-19(38-15-25(28,29)30)14-20(11-17)39-16-26(31,32)33/h3,5,7-8,10-12,14,23H,2,9,13,15-16H2,1H3,(H,34,35)/b5-3-/t23-/m0/s1. The average Bonchev–Trinajstić information content (AvgIpc) is 2.83. The van der Waals surface area contributed by atoms with Gasteiger partial charge in [-0.25, -0.2) is 4.79 Å². The molecule has 0 aliphatic heterocycles. The van der Waals surface area contributed by atoms with Crippen molar-refractivity contribution in [2.45, 2.75) is 31.8 Å². The van der Waals surface area contributed by atoms with Gasteiger partial charge in [0, 0.05) is 24.7 Å². The van der Waals surface area contributed by atoms with Crippen molar-refractivity contribution in [1.29, 1.82) is 0 Å². The molecule has 0 saturated carbocycles. The van der Waals surface area contributed by atoms with E-state index < -0.39 is 37.6 Å². The van der Waals surface area contributed by atoms with Crippen molar-refractivity contribution in [2.75, 3.05) is 26.4 Å². The van der Waals surface area contributed by atoms with Crippen molar-refractivity contribution in [1.82, 2.24) is 0 Å². The zero-order chi connectivity index (χ0) is 29.1. The normalized spacial score (nSPS) is 12.5. The summed E-state index contributed by atoms with van der Waals surface area (Å²) < 4.78 is 95.4. The van der Waals surface area contributed by atoms with Crippen molar-refractivity contribution in [3.05, 3.63) is 64.1 Å². The SMILES string of the molecule is CCO[C@@H](Cc1ccc(OC/C=C\C#Cc2cc(OCC(F)(F)F)cc(OCC(F)(F)F)c2)c(Br)c1)C(=O)O. The molecule has 0 radical (unpaired) electrons. The molecular formula is C26H23BrF6O6. The van der Waals surface area contributed by atoms with E-state index in [1.165, 1.54) is 12.2 Å². The molecule has 0 saturated heterocycles. The molecule has 0 spiro atoms. The summed E-state index contributed by atoms with van der Waals surface area (Å²) in [6, 6.07) is 8.25. The maximum atomic E-state index is 12.5. The molecule has 13 heteroatoms. The van der Waals surface area contributed by atoms with Crippen molar-refractivity contribution in [3.8, 4) is 29.1 Å². The highest BCUT2D eigenvalue weighted by Gasteiger charge is 2.30. The maximum absolute atomic E-state index is 12.5. The average molecular weight is 625 g/mol. The molecule has 0 amide bonds. The van der Waals surface area contributed by atoms with Crippen LogP contribution in [0.25, 0.3) is 0 Å². The largest absolute Gasteiger partial charge is 0.488 e. The van der Waals surface area contributed by atoms with Crippen LogP contribution in [0.2, 0.25) is 0 Å². The molecule has 0 unspecified atom stereocenters. The lowest BCUT2D eigenvalue weighted by Gasteiger charge is -2.13. The Labute approximate surface area is 228 Å². The Balaban J connectivity index is 2.02. The Bertz CT molecular complexity index is 1160. The second-order valence-electron chi connectivity index (χ2n) is 7.73. The highest BCUT2D eigenvalue weighted by atomic mass is 79.9. The molecule has 0 fully saturated rings. The van der Waals surface area contributed by atoms with Crippen LogP contribution < -0.4 is 14.2 Å². The summed E-state index contributed by atoms with van der Waals surface area (Å²) in [6.07, 6.45) is -7.16. The molecule has 0 heterocycles. The fraction of sp³-hybridized carbons (Fsp3) is 0.346. The van der Waals surface area contributed by atoms with Gasteiger partial charge in [-0.1, -0.05) is 17.9 Å². The lowest BCUT2D eigenvalue weighted by atomic mass is 10.1. The van der Waals surface area contributed by atoms with Crippen molar-refractivity contribution >= 4 is 21.9 Å². The number of halogens is 7. The van der Waals surface area contributed by atoms with Gasteiger partial charge in [-0.05, 0) is 64.8 Å². The first-order chi connectivity index (χ1) is 18.3. The minimum atomic E-state index is -4.64. The molecule has 6 nitrogen and oxygen atoms in total. The summed E-state index contributed by atoms with van der Waals surface area (Å²) in [5.41, 5.74) is 0.791. The lowest BCUT2D eigenvalue weighted by Crippen LogP contribution is -2.26. The molecule has 2 aromatic carbocycles. The fourth-order valence-electron chi connectivity index (χ4n) is 2.93. The summed E-state index contributed by atoms with van der Waals surface area (Å²) in [6.45, 7) is -1.22. The predicted molar refractivity (Wildman–Crippen MR) is 132 cm³/mol. The van der Waals surface area contributed by atoms with Gasteiger partial charge in [-0.3, -0.25) is 0 Å². The Morgan fingerprint density at radius 1 is 1.00 bits per heavy atom. The number of carbonyl (C=O) groups is 1. The van der Waals surface area contributed by atoms with E-state index in [-0.39, 0.29) is 36.7 Å². The first kappa shape index (κ1) is 31.8. The van der Waals surface area contributed by atoms with Crippen LogP contribution in [0.5, 0.6) is 17.2 Å². The van der Waals surface area contributed by atoms with Crippen LogP contribution in [-0.2, 0) is 16.0 Å². The summed E-state index contributed by atoms with van der Waals surface area (Å²) in [4.78, 5) is 11.3. The number of alkyl halides is 6. The maximum Gasteiger partial charge on any atom is 0.422 e. The summed E-state index contributed by atoms with van der Waals surface area (Å²) in [7, 11) is 0. The van der Waals surface area contributed by atoms with Gasteiger partial charge in [0.25, 0.3) is 0 Å². The number of hydrogen-bond acceptors (Lipinski definition) is 5. The molecule has 1 N–H and O–H groups in total. The van der Waals surface area contributed by atoms with E-state index in [0.717, 1.165) is 23.8 Å². The molecule has 2 rings (SSSR count). The van der Waals surface area contributed by atoms with Crippen LogP contribution in [0.1, 0.15) is 18.1 Å². The monoisotopic (exact) mass is 624 g/mol. The van der Waals surface area contributed by atoms with E-state index in [1.807, 2.05) is 0 Å². The Morgan fingerprint density at radius 3 is 2.13 bits per heavy atom. The van der Waals surface area contributed by atoms with Gasteiger partial charge >= 0.3 is 18.3 Å². The summed E-state index contributed by atoms with van der Waals surface area (Å²) in [5.74, 6) is 3.90. The molecule has 0 bridgehead atoms. The van der Waals surface area contributed by atoms with Crippen LogP contribution in [0, 0.1) is 11.8 Å². The minimum Gasteiger partial charge on any atom is -0.488 e. The van der Waals surface area contributed by atoms with E-state index in [1.54, 1.807) is 25.1 Å². The third-order valence-electron chi connectivity index (χ3n) is 4.50. The predicted octanol–water partition coefficient (Wildman–Crippen LogP) is 6.35.